The Bertz CT molecular complexity index is 676. The fraction of sp³-hybridized carbons (Fsp3) is 0.231. The van der Waals surface area contributed by atoms with E-state index in [9.17, 15) is 0 Å². The van der Waals surface area contributed by atoms with Gasteiger partial charge >= 0.3 is 0 Å². The van der Waals surface area contributed by atoms with Gasteiger partial charge in [-0.3, -0.25) is 4.57 Å². The predicted octanol–water partition coefficient (Wildman–Crippen LogP) is 4.18. The first-order chi connectivity index (χ1) is 8.54. The van der Waals surface area contributed by atoms with Gasteiger partial charge in [-0.15, -0.1) is 0 Å². The molecule has 3 nitrogen and oxygen atoms in total. The predicted molar refractivity (Wildman–Crippen MR) is 74.8 cm³/mol. The van der Waals surface area contributed by atoms with E-state index in [2.05, 4.69) is 24.9 Å². The Morgan fingerprint density at radius 1 is 1.44 bits per heavy atom. The first kappa shape index (κ1) is 12.9. The number of benzene rings is 1. The number of H-pyrrole nitrogens is 1. The van der Waals surface area contributed by atoms with Crippen LogP contribution in [0.25, 0.3) is 5.69 Å². The molecule has 0 amide bonds. The smallest absolute Gasteiger partial charge is 0.182 e. The van der Waals surface area contributed by atoms with Gasteiger partial charge < -0.3 is 4.98 Å². The Balaban J connectivity index is 2.73. The summed E-state index contributed by atoms with van der Waals surface area (Å²) in [6.07, 6.45) is 1.88. The van der Waals surface area contributed by atoms with Gasteiger partial charge in [0.1, 0.15) is 0 Å². The molecule has 0 atom stereocenters. The van der Waals surface area contributed by atoms with Crippen molar-refractivity contribution in [3.05, 3.63) is 45.4 Å². The van der Waals surface area contributed by atoms with Crippen LogP contribution < -0.4 is 0 Å². The van der Waals surface area contributed by atoms with Crippen molar-refractivity contribution in [2.24, 2.45) is 0 Å². The van der Waals surface area contributed by atoms with E-state index in [1.807, 2.05) is 10.8 Å². The summed E-state index contributed by atoms with van der Waals surface area (Å²) in [5.74, 6) is 0.305. The minimum Gasteiger partial charge on any atom is -0.337 e. The van der Waals surface area contributed by atoms with Crippen molar-refractivity contribution in [3.8, 4) is 11.8 Å². The van der Waals surface area contributed by atoms with Crippen molar-refractivity contribution >= 4 is 23.8 Å². The first-order valence-electron chi connectivity index (χ1n) is 5.55. The molecular weight excluding hydrogens is 266 g/mol. The van der Waals surface area contributed by atoms with Crippen LogP contribution in [0.5, 0.6) is 0 Å². The Labute approximate surface area is 116 Å². The van der Waals surface area contributed by atoms with Crippen LogP contribution in [0.3, 0.4) is 0 Å². The van der Waals surface area contributed by atoms with Crippen LogP contribution in [-0.4, -0.2) is 9.55 Å². The molecular formula is C13H12ClN3S. The first-order valence-corrected chi connectivity index (χ1v) is 6.33. The summed E-state index contributed by atoms with van der Waals surface area (Å²) in [4.78, 5) is 3.02. The number of nitrogens with one attached hydrogen (secondary N) is 1. The maximum Gasteiger partial charge on any atom is 0.182 e. The minimum atomic E-state index is 0.305. The molecule has 0 saturated carbocycles. The molecule has 0 unspecified atom stereocenters. The third kappa shape index (κ3) is 2.20. The Morgan fingerprint density at radius 3 is 2.78 bits per heavy atom. The number of aromatic nitrogens is 2. The highest BCUT2D eigenvalue weighted by atomic mass is 35.5. The number of hydrogen-bond donors (Lipinski definition) is 1. The molecule has 2 aromatic rings. The topological polar surface area (TPSA) is 44.5 Å². The zero-order valence-electron chi connectivity index (χ0n) is 10.1. The molecule has 0 fully saturated rings. The third-order valence-corrected chi connectivity index (χ3v) is 3.33. The lowest BCUT2D eigenvalue weighted by Gasteiger charge is -2.12. The van der Waals surface area contributed by atoms with E-state index in [4.69, 9.17) is 29.1 Å². The van der Waals surface area contributed by atoms with E-state index >= 15 is 0 Å². The molecule has 1 aromatic heterocycles. The number of nitriles is 1. The Kier molecular flexibility index (Phi) is 3.55. The Hall–Kier alpha value is -1.57. The van der Waals surface area contributed by atoms with Gasteiger partial charge in [0.25, 0.3) is 0 Å². The molecule has 0 bridgehead atoms. The number of nitrogens with zero attached hydrogens (tertiary/aromatic N) is 2. The molecule has 18 heavy (non-hydrogen) atoms. The van der Waals surface area contributed by atoms with E-state index in [1.54, 1.807) is 18.2 Å². The molecule has 1 aromatic carbocycles. The van der Waals surface area contributed by atoms with Gasteiger partial charge in [0.2, 0.25) is 0 Å². The van der Waals surface area contributed by atoms with Crippen LogP contribution in [0, 0.1) is 16.1 Å². The van der Waals surface area contributed by atoms with E-state index in [1.165, 1.54) is 0 Å². The van der Waals surface area contributed by atoms with Crippen LogP contribution >= 0.6 is 23.8 Å². The van der Waals surface area contributed by atoms with Crippen LogP contribution in [0.1, 0.15) is 31.0 Å². The quantitative estimate of drug-likeness (QED) is 0.837. The fourth-order valence-corrected chi connectivity index (χ4v) is 2.27. The highest BCUT2D eigenvalue weighted by Gasteiger charge is 2.12. The average molecular weight is 278 g/mol. The molecule has 0 spiro atoms. The third-order valence-electron chi connectivity index (χ3n) is 2.71. The van der Waals surface area contributed by atoms with Gasteiger partial charge in [-0.25, -0.2) is 0 Å². The van der Waals surface area contributed by atoms with Gasteiger partial charge in [0.15, 0.2) is 4.77 Å². The van der Waals surface area contributed by atoms with Crippen molar-refractivity contribution in [1.29, 1.82) is 5.26 Å². The fourth-order valence-electron chi connectivity index (χ4n) is 1.81. The van der Waals surface area contributed by atoms with E-state index in [0.717, 1.165) is 11.4 Å². The molecule has 5 heteroatoms. The van der Waals surface area contributed by atoms with Crippen LogP contribution in [-0.2, 0) is 0 Å². The van der Waals surface area contributed by atoms with E-state index < -0.39 is 0 Å². The zero-order chi connectivity index (χ0) is 13.3. The van der Waals surface area contributed by atoms with Gasteiger partial charge in [0, 0.05) is 11.9 Å². The summed E-state index contributed by atoms with van der Waals surface area (Å²) in [5, 5.41) is 9.54. The molecule has 0 saturated heterocycles. The number of halogens is 1. The van der Waals surface area contributed by atoms with Gasteiger partial charge in [0.05, 0.1) is 22.3 Å². The van der Waals surface area contributed by atoms with Crippen LogP contribution in [0.2, 0.25) is 5.02 Å². The second-order valence-electron chi connectivity index (χ2n) is 4.29. The molecule has 1 heterocycles. The lowest BCUT2D eigenvalue weighted by molar-refractivity contribution is 0.783. The molecule has 1 N–H and O–H groups in total. The molecule has 0 aliphatic carbocycles. The average Bonchev–Trinajstić information content (AvgIpc) is 2.72. The summed E-state index contributed by atoms with van der Waals surface area (Å²) in [6.45, 7) is 4.16. The van der Waals surface area contributed by atoms with Gasteiger partial charge in [-0.05, 0) is 36.3 Å². The maximum absolute atomic E-state index is 8.96. The van der Waals surface area contributed by atoms with Crippen molar-refractivity contribution in [3.63, 3.8) is 0 Å². The second kappa shape index (κ2) is 4.97. The largest absolute Gasteiger partial charge is 0.337 e. The van der Waals surface area contributed by atoms with Crippen LogP contribution in [0.15, 0.2) is 24.4 Å². The van der Waals surface area contributed by atoms with Crippen molar-refractivity contribution in [2.45, 2.75) is 19.8 Å². The number of aromatic amines is 1. The van der Waals surface area contributed by atoms with Gasteiger partial charge in [-0.1, -0.05) is 25.4 Å². The lowest BCUT2D eigenvalue weighted by Crippen LogP contribution is -2.03. The van der Waals surface area contributed by atoms with Crippen molar-refractivity contribution in [1.82, 2.24) is 9.55 Å². The summed E-state index contributed by atoms with van der Waals surface area (Å²) < 4.78 is 2.46. The number of rotatable bonds is 2. The highest BCUT2D eigenvalue weighted by molar-refractivity contribution is 7.71. The molecule has 92 valence electrons. The maximum atomic E-state index is 8.96. The van der Waals surface area contributed by atoms with Gasteiger partial charge in [-0.2, -0.15) is 5.26 Å². The number of imidazole rings is 1. The molecule has 0 aliphatic heterocycles. The SMILES string of the molecule is CC(C)c1c[nH]c(=S)n1-c1cc(C#N)ccc1Cl. The highest BCUT2D eigenvalue weighted by Crippen LogP contribution is 2.26. The number of hydrogen-bond acceptors (Lipinski definition) is 2. The second-order valence-corrected chi connectivity index (χ2v) is 5.08. The normalized spacial score (nSPS) is 10.6. The van der Waals surface area contributed by atoms with E-state index in [0.29, 0.717) is 21.3 Å². The molecule has 0 aliphatic rings. The summed E-state index contributed by atoms with van der Waals surface area (Å²) in [5.41, 5.74) is 2.34. The standard InChI is InChI=1S/C13H12ClN3S/c1-8(2)12-7-16-13(18)17(12)11-5-9(6-15)3-4-10(11)14/h3-5,7-8H,1-2H3,(H,16,18). The monoisotopic (exact) mass is 277 g/mol. The van der Waals surface area contributed by atoms with E-state index in [-0.39, 0.29) is 0 Å². The minimum absolute atomic E-state index is 0.305. The summed E-state index contributed by atoms with van der Waals surface area (Å²) >= 11 is 11.5. The molecule has 0 radical (unpaired) electrons. The summed E-state index contributed by atoms with van der Waals surface area (Å²) in [6, 6.07) is 7.26. The Morgan fingerprint density at radius 2 is 2.17 bits per heavy atom. The van der Waals surface area contributed by atoms with Crippen LogP contribution in [0.4, 0.5) is 0 Å². The lowest BCUT2D eigenvalue weighted by atomic mass is 10.1. The van der Waals surface area contributed by atoms with Crippen molar-refractivity contribution in [2.75, 3.05) is 0 Å². The molecule has 2 rings (SSSR count). The summed E-state index contributed by atoms with van der Waals surface area (Å²) in [7, 11) is 0. The zero-order valence-corrected chi connectivity index (χ0v) is 11.6. The van der Waals surface area contributed by atoms with Crippen molar-refractivity contribution < 1.29 is 0 Å².